The van der Waals surface area contributed by atoms with Crippen molar-refractivity contribution in [3.05, 3.63) is 301 Å². The van der Waals surface area contributed by atoms with Crippen LogP contribution in [-0.2, 0) is 10.8 Å². The second-order valence-electron chi connectivity index (χ2n) is 22.9. The Balaban J connectivity index is 1.05. The first-order valence-corrected chi connectivity index (χ1v) is 28.0. The predicted molar refractivity (Wildman–Crippen MR) is 342 cm³/mol. The molecule has 1 spiro atoms. The third-order valence-electron chi connectivity index (χ3n) is 17.6. The Labute approximate surface area is 489 Å². The van der Waals surface area contributed by atoms with Gasteiger partial charge in [-0.25, -0.2) is 0 Å². The van der Waals surface area contributed by atoms with Gasteiger partial charge >= 0.3 is 0 Å². The number of aromatic nitrogens is 1. The lowest BCUT2D eigenvalue weighted by Gasteiger charge is -2.46. The van der Waals surface area contributed by atoms with E-state index in [0.717, 1.165) is 123 Å². The van der Waals surface area contributed by atoms with Gasteiger partial charge in [-0.3, -0.25) is 0 Å². The minimum Gasteiger partial charge on any atom is -0.457 e. The van der Waals surface area contributed by atoms with Crippen LogP contribution in [0.15, 0.2) is 273 Å². The van der Waals surface area contributed by atoms with E-state index in [9.17, 15) is 5.48 Å². The Morgan fingerprint density at radius 3 is 1.46 bits per heavy atom. The highest BCUT2D eigenvalue weighted by Crippen LogP contribution is 2.63. The summed E-state index contributed by atoms with van der Waals surface area (Å²) >= 11 is 0. The Morgan fingerprint density at radius 1 is 0.402 bits per heavy atom. The highest BCUT2D eigenvalue weighted by molar-refractivity contribution is 7.00. The van der Waals surface area contributed by atoms with Crippen LogP contribution in [0.25, 0.3) is 60.9 Å². The minimum absolute atomic E-state index is 0.0222. The molecular formula is C77H54BN3O. The SMILES string of the molecule is [2H]c1c([2H])c([2H])c2c(c1[2H])c1c([2H])c([2H])c([2H])c([2H])c1n2-c1ccc2c(c1)N(c1ccccc1-c1ccccc1)c1cc(C(C)(C)C)cc3c1B2c1cc2c(cc1N3c1ccccc1-c1ccccc1)-c1ccccc1C21c2ccccc2Oc2ccccc21. The number of nitrogens with zero attached hydrogens (tertiary/aromatic N) is 3. The van der Waals surface area contributed by atoms with Crippen molar-refractivity contribution in [1.82, 2.24) is 4.57 Å². The number of benzene rings is 12. The van der Waals surface area contributed by atoms with Crippen LogP contribution in [-0.4, -0.2) is 11.3 Å². The first-order chi connectivity index (χ1) is 43.7. The molecule has 17 rings (SSSR count). The molecular weight excluding hydrogens is 994 g/mol. The van der Waals surface area contributed by atoms with Gasteiger partial charge in [-0.05, 0) is 127 Å². The van der Waals surface area contributed by atoms with Crippen LogP contribution in [0.3, 0.4) is 0 Å². The molecule has 82 heavy (non-hydrogen) atoms. The molecule has 0 radical (unpaired) electrons. The molecule has 1 aromatic heterocycles. The Morgan fingerprint density at radius 2 is 0.890 bits per heavy atom. The second-order valence-corrected chi connectivity index (χ2v) is 22.9. The topological polar surface area (TPSA) is 20.6 Å². The van der Waals surface area contributed by atoms with Crippen molar-refractivity contribution in [1.29, 1.82) is 0 Å². The molecule has 0 fully saturated rings. The molecule has 0 saturated heterocycles. The van der Waals surface area contributed by atoms with E-state index in [1.54, 1.807) is 4.57 Å². The molecule has 12 aromatic carbocycles. The van der Waals surface area contributed by atoms with Crippen LogP contribution < -0.4 is 30.9 Å². The number of ether oxygens (including phenoxy) is 1. The van der Waals surface area contributed by atoms with Gasteiger partial charge in [0.25, 0.3) is 6.71 Å². The van der Waals surface area contributed by atoms with Crippen molar-refractivity contribution in [2.75, 3.05) is 9.80 Å². The van der Waals surface area contributed by atoms with E-state index >= 15 is 0 Å². The Bertz CT molecular complexity index is 5170. The molecule has 3 aliphatic heterocycles. The van der Waals surface area contributed by atoms with E-state index in [2.05, 4.69) is 231 Å². The Kier molecular flexibility index (Phi) is 8.36. The van der Waals surface area contributed by atoms with E-state index in [1.165, 1.54) is 0 Å². The van der Waals surface area contributed by atoms with Crippen molar-refractivity contribution in [2.45, 2.75) is 31.6 Å². The summed E-state index contributed by atoms with van der Waals surface area (Å²) in [5.41, 5.74) is 20.0. The van der Waals surface area contributed by atoms with Crippen LogP contribution in [0.5, 0.6) is 11.5 Å². The summed E-state index contributed by atoms with van der Waals surface area (Å²) < 4.78 is 82.5. The van der Waals surface area contributed by atoms with Gasteiger partial charge in [0.2, 0.25) is 0 Å². The number of anilines is 6. The summed E-state index contributed by atoms with van der Waals surface area (Å²) in [5, 5.41) is 0.0443. The molecule has 4 aliphatic rings. The predicted octanol–water partition coefficient (Wildman–Crippen LogP) is 18.0. The van der Waals surface area contributed by atoms with Crippen molar-refractivity contribution in [2.24, 2.45) is 0 Å². The molecule has 0 unspecified atom stereocenters. The summed E-state index contributed by atoms with van der Waals surface area (Å²) in [7, 11) is 0. The molecule has 4 nitrogen and oxygen atoms in total. The van der Waals surface area contributed by atoms with Crippen LogP contribution in [0, 0.1) is 0 Å². The fourth-order valence-electron chi connectivity index (χ4n) is 14.2. The van der Waals surface area contributed by atoms with Gasteiger partial charge < -0.3 is 19.1 Å². The fraction of sp³-hybridized carbons (Fsp3) is 0.0649. The largest absolute Gasteiger partial charge is 0.457 e. The highest BCUT2D eigenvalue weighted by Gasteiger charge is 2.53. The molecule has 4 heterocycles. The summed E-state index contributed by atoms with van der Waals surface area (Å²) in [6, 6.07) is 76.3. The average molecular weight is 1060 g/mol. The smallest absolute Gasteiger partial charge is 0.252 e. The van der Waals surface area contributed by atoms with Gasteiger partial charge in [0.05, 0.1) is 38.8 Å². The minimum atomic E-state index is -0.808. The zero-order valence-corrected chi connectivity index (χ0v) is 45.2. The Hall–Kier alpha value is -10.1. The van der Waals surface area contributed by atoms with E-state index in [1.807, 2.05) is 24.3 Å². The molecule has 13 aromatic rings. The third-order valence-corrected chi connectivity index (χ3v) is 17.6. The molecule has 5 heteroatoms. The van der Waals surface area contributed by atoms with Gasteiger partial charge in [0.15, 0.2) is 0 Å². The summed E-state index contributed by atoms with van der Waals surface area (Å²) in [5.74, 6) is 1.58. The number of rotatable bonds is 5. The zero-order chi connectivity index (χ0) is 61.4. The van der Waals surface area contributed by atoms with Crippen LogP contribution in [0.1, 0.15) is 59.6 Å². The third kappa shape index (κ3) is 6.50. The van der Waals surface area contributed by atoms with E-state index < -0.39 is 36.3 Å². The second kappa shape index (κ2) is 17.5. The molecule has 0 N–H and O–H groups in total. The fourth-order valence-corrected chi connectivity index (χ4v) is 14.2. The number of fused-ring (bicyclic) bond motifs is 16. The standard InChI is InChI=1S/C77H54BN3O/c1-76(2,3)51-44-71-75-72(45-51)81(66-37-19-12-29-54(66)50-26-8-5-9-27-50)70-47-58-55-30-10-15-33-59(55)77(60-34-16-22-40-73(60)82-74-41-23-17-35-61(74)77)62(58)48-64(70)78(75)63-43-42-52(79-67-38-20-13-31-56(67)57-32-14-21-39-68(57)79)46-69(63)80(71)65-36-18-11-28-53(65)49-24-6-4-7-25-49/h4-48H,1-3H3/i13D,14D,20D,21D,31D,32D,38D,39D. The summed E-state index contributed by atoms with van der Waals surface area (Å²) in [6.45, 7) is 6.32. The zero-order valence-electron chi connectivity index (χ0n) is 53.2. The number of hydrogen-bond donors (Lipinski definition) is 0. The van der Waals surface area contributed by atoms with Gasteiger partial charge in [-0.1, -0.05) is 227 Å². The van der Waals surface area contributed by atoms with E-state index in [0.29, 0.717) is 5.69 Å². The van der Waals surface area contributed by atoms with Crippen LogP contribution in [0.4, 0.5) is 34.1 Å². The summed E-state index contributed by atoms with van der Waals surface area (Å²) in [6.07, 6.45) is 0. The maximum atomic E-state index is 9.63. The van der Waals surface area contributed by atoms with Crippen molar-refractivity contribution < 1.29 is 15.7 Å². The lowest BCUT2D eigenvalue weighted by Crippen LogP contribution is -2.61. The van der Waals surface area contributed by atoms with E-state index in [4.69, 9.17) is 10.2 Å². The molecule has 0 saturated carbocycles. The highest BCUT2D eigenvalue weighted by atomic mass is 16.5. The molecule has 0 amide bonds. The molecule has 1 aliphatic carbocycles. The lowest BCUT2D eigenvalue weighted by atomic mass is 9.33. The van der Waals surface area contributed by atoms with Crippen molar-refractivity contribution in [3.63, 3.8) is 0 Å². The molecule has 0 atom stereocenters. The van der Waals surface area contributed by atoms with Gasteiger partial charge in [0, 0.05) is 61.5 Å². The van der Waals surface area contributed by atoms with Gasteiger partial charge in [0.1, 0.15) is 11.5 Å². The normalized spacial score (nSPS) is 15.3. The van der Waals surface area contributed by atoms with Crippen molar-refractivity contribution >= 4 is 79.0 Å². The van der Waals surface area contributed by atoms with Crippen molar-refractivity contribution in [3.8, 4) is 50.6 Å². The average Bonchev–Trinajstić information content (AvgIpc) is 1.34. The van der Waals surface area contributed by atoms with Gasteiger partial charge in [-0.15, -0.1) is 0 Å². The first kappa shape index (κ1) is 39.3. The maximum Gasteiger partial charge on any atom is 0.252 e. The number of para-hydroxylation sites is 6. The molecule has 386 valence electrons. The first-order valence-electron chi connectivity index (χ1n) is 32.0. The lowest BCUT2D eigenvalue weighted by molar-refractivity contribution is 0.436. The monoisotopic (exact) mass is 1060 g/mol. The van der Waals surface area contributed by atoms with Gasteiger partial charge in [-0.2, -0.15) is 0 Å². The van der Waals surface area contributed by atoms with Crippen LogP contribution >= 0.6 is 0 Å². The van der Waals surface area contributed by atoms with Crippen LogP contribution in [0.2, 0.25) is 0 Å². The number of hydrogen-bond acceptors (Lipinski definition) is 3. The molecule has 0 bridgehead atoms. The van der Waals surface area contributed by atoms with E-state index in [-0.39, 0.29) is 51.4 Å². The summed E-state index contributed by atoms with van der Waals surface area (Å²) in [4.78, 5) is 4.88. The quantitative estimate of drug-likeness (QED) is 0.160. The maximum absolute atomic E-state index is 9.63.